The topological polar surface area (TPSA) is 51.4 Å². The van der Waals surface area contributed by atoms with Gasteiger partial charge in [0.25, 0.3) is 0 Å². The van der Waals surface area contributed by atoms with Gasteiger partial charge in [-0.15, -0.1) is 16.7 Å². The lowest BCUT2D eigenvalue weighted by Crippen LogP contribution is -2.17. The maximum Gasteiger partial charge on any atom is 0.322 e. The Morgan fingerprint density at radius 2 is 2.17 bits per heavy atom. The number of ether oxygens (including phenoxy) is 1. The summed E-state index contributed by atoms with van der Waals surface area (Å²) < 4.78 is 11.2. The first-order chi connectivity index (χ1) is 8.88. The SMILES string of the molecule is ClCc1nnc(N2CCCOc3ccccc32)o1. The Morgan fingerprint density at radius 1 is 1.28 bits per heavy atom. The summed E-state index contributed by atoms with van der Waals surface area (Å²) in [5.41, 5.74) is 0.944. The quantitative estimate of drug-likeness (QED) is 0.782. The van der Waals surface area contributed by atoms with Crippen LogP contribution in [-0.4, -0.2) is 23.3 Å². The van der Waals surface area contributed by atoms with Crippen LogP contribution in [0.25, 0.3) is 0 Å². The van der Waals surface area contributed by atoms with Gasteiger partial charge in [0.1, 0.15) is 11.6 Å². The van der Waals surface area contributed by atoms with E-state index in [1.165, 1.54) is 0 Å². The van der Waals surface area contributed by atoms with E-state index in [0.717, 1.165) is 24.4 Å². The number of hydrogen-bond donors (Lipinski definition) is 0. The summed E-state index contributed by atoms with van der Waals surface area (Å²) in [6, 6.07) is 8.28. The monoisotopic (exact) mass is 265 g/mol. The molecular formula is C12H12ClN3O2. The van der Waals surface area contributed by atoms with Crippen molar-refractivity contribution < 1.29 is 9.15 Å². The van der Waals surface area contributed by atoms with Crippen molar-refractivity contribution >= 4 is 23.3 Å². The highest BCUT2D eigenvalue weighted by Crippen LogP contribution is 2.35. The lowest BCUT2D eigenvalue weighted by atomic mass is 10.2. The van der Waals surface area contributed by atoms with E-state index in [4.69, 9.17) is 20.8 Å². The third-order valence-corrected chi connectivity index (χ3v) is 2.97. The molecule has 5 nitrogen and oxygen atoms in total. The highest BCUT2D eigenvalue weighted by atomic mass is 35.5. The Bertz CT molecular complexity index is 544. The number of anilines is 2. The van der Waals surface area contributed by atoms with Crippen LogP contribution in [0.2, 0.25) is 0 Å². The van der Waals surface area contributed by atoms with Crippen LogP contribution >= 0.6 is 11.6 Å². The summed E-state index contributed by atoms with van der Waals surface area (Å²) in [5.74, 6) is 1.48. The highest BCUT2D eigenvalue weighted by Gasteiger charge is 2.21. The molecule has 0 unspecified atom stereocenters. The predicted molar refractivity (Wildman–Crippen MR) is 67.4 cm³/mol. The van der Waals surface area contributed by atoms with Crippen molar-refractivity contribution in [2.75, 3.05) is 18.1 Å². The molecule has 0 fully saturated rings. The molecular weight excluding hydrogens is 254 g/mol. The second kappa shape index (κ2) is 4.86. The minimum atomic E-state index is 0.221. The molecule has 94 valence electrons. The van der Waals surface area contributed by atoms with Gasteiger partial charge in [0.2, 0.25) is 5.89 Å². The van der Waals surface area contributed by atoms with Gasteiger partial charge in [0.05, 0.1) is 12.3 Å². The molecule has 2 heterocycles. The zero-order valence-electron chi connectivity index (χ0n) is 9.67. The number of aromatic nitrogens is 2. The fourth-order valence-corrected chi connectivity index (χ4v) is 2.04. The number of benzene rings is 1. The molecule has 1 aromatic heterocycles. The fourth-order valence-electron chi connectivity index (χ4n) is 1.93. The Balaban J connectivity index is 2.00. The molecule has 1 aromatic carbocycles. The molecule has 3 rings (SSSR count). The number of hydrogen-bond acceptors (Lipinski definition) is 5. The van der Waals surface area contributed by atoms with Gasteiger partial charge >= 0.3 is 6.01 Å². The Morgan fingerprint density at radius 3 is 3.00 bits per heavy atom. The van der Waals surface area contributed by atoms with Crippen molar-refractivity contribution in [3.63, 3.8) is 0 Å². The van der Waals surface area contributed by atoms with E-state index in [1.807, 2.05) is 29.2 Å². The van der Waals surface area contributed by atoms with Crippen LogP contribution in [0, 0.1) is 0 Å². The normalized spacial score (nSPS) is 14.8. The number of para-hydroxylation sites is 2. The zero-order chi connectivity index (χ0) is 12.4. The van der Waals surface area contributed by atoms with Crippen molar-refractivity contribution in [2.24, 2.45) is 0 Å². The standard InChI is InChI=1S/C12H12ClN3O2/c13-8-11-14-15-12(18-11)16-6-3-7-17-10-5-2-1-4-9(10)16/h1-2,4-5H,3,6-8H2. The molecule has 18 heavy (non-hydrogen) atoms. The number of rotatable bonds is 2. The van der Waals surface area contributed by atoms with E-state index >= 15 is 0 Å². The number of fused-ring (bicyclic) bond motifs is 1. The van der Waals surface area contributed by atoms with Crippen LogP contribution in [0.4, 0.5) is 11.7 Å². The smallest absolute Gasteiger partial charge is 0.322 e. The molecule has 0 saturated carbocycles. The van der Waals surface area contributed by atoms with E-state index in [0.29, 0.717) is 18.5 Å². The number of alkyl halides is 1. The fraction of sp³-hybridized carbons (Fsp3) is 0.333. The van der Waals surface area contributed by atoms with Crippen molar-refractivity contribution in [1.82, 2.24) is 10.2 Å². The van der Waals surface area contributed by atoms with E-state index in [1.54, 1.807) is 0 Å². The van der Waals surface area contributed by atoms with Gasteiger partial charge in [-0.05, 0) is 18.6 Å². The van der Waals surface area contributed by atoms with Crippen molar-refractivity contribution in [3.8, 4) is 5.75 Å². The molecule has 1 aliphatic rings. The van der Waals surface area contributed by atoms with Crippen LogP contribution in [-0.2, 0) is 5.88 Å². The summed E-state index contributed by atoms with van der Waals surface area (Å²) >= 11 is 5.67. The molecule has 0 amide bonds. The van der Waals surface area contributed by atoms with Crippen molar-refractivity contribution in [1.29, 1.82) is 0 Å². The summed E-state index contributed by atoms with van der Waals surface area (Å²) in [6.45, 7) is 1.46. The molecule has 6 heteroatoms. The maximum absolute atomic E-state index is 5.68. The predicted octanol–water partition coefficient (Wildman–Crippen LogP) is 2.73. The Hall–Kier alpha value is -1.75. The third-order valence-electron chi connectivity index (χ3n) is 2.74. The lowest BCUT2D eigenvalue weighted by Gasteiger charge is -2.18. The lowest BCUT2D eigenvalue weighted by molar-refractivity contribution is 0.322. The van der Waals surface area contributed by atoms with Gasteiger partial charge in [-0.2, -0.15) is 0 Å². The van der Waals surface area contributed by atoms with Crippen LogP contribution in [0.3, 0.4) is 0 Å². The summed E-state index contributed by atoms with van der Waals surface area (Å²) in [6.07, 6.45) is 0.896. The number of nitrogens with zero attached hydrogens (tertiary/aromatic N) is 3. The van der Waals surface area contributed by atoms with E-state index in [2.05, 4.69) is 10.2 Å². The third kappa shape index (κ3) is 2.01. The second-order valence-corrected chi connectivity index (χ2v) is 4.20. The maximum atomic E-state index is 5.68. The van der Waals surface area contributed by atoms with E-state index in [-0.39, 0.29) is 5.88 Å². The second-order valence-electron chi connectivity index (χ2n) is 3.93. The van der Waals surface area contributed by atoms with Crippen LogP contribution < -0.4 is 9.64 Å². The van der Waals surface area contributed by atoms with Crippen LogP contribution in [0.5, 0.6) is 5.75 Å². The van der Waals surface area contributed by atoms with Gasteiger partial charge in [0.15, 0.2) is 0 Å². The molecule has 0 bridgehead atoms. The molecule has 1 aliphatic heterocycles. The minimum absolute atomic E-state index is 0.221. The Kier molecular flexibility index (Phi) is 3.06. The highest BCUT2D eigenvalue weighted by molar-refractivity contribution is 6.16. The van der Waals surface area contributed by atoms with Crippen molar-refractivity contribution in [2.45, 2.75) is 12.3 Å². The molecule has 0 radical (unpaired) electrons. The van der Waals surface area contributed by atoms with Gasteiger partial charge in [-0.3, -0.25) is 4.90 Å². The first-order valence-electron chi connectivity index (χ1n) is 5.76. The van der Waals surface area contributed by atoms with Gasteiger partial charge in [0, 0.05) is 6.54 Å². The summed E-state index contributed by atoms with van der Waals surface area (Å²) in [4.78, 5) is 1.96. The van der Waals surface area contributed by atoms with Crippen LogP contribution in [0.15, 0.2) is 28.7 Å². The van der Waals surface area contributed by atoms with Crippen LogP contribution in [0.1, 0.15) is 12.3 Å². The zero-order valence-corrected chi connectivity index (χ0v) is 10.4. The van der Waals surface area contributed by atoms with Gasteiger partial charge < -0.3 is 9.15 Å². The van der Waals surface area contributed by atoms with E-state index < -0.39 is 0 Å². The molecule has 0 N–H and O–H groups in total. The molecule has 0 saturated heterocycles. The Labute approximate surface area is 109 Å². The summed E-state index contributed by atoms with van der Waals surface area (Å²) in [7, 11) is 0. The molecule has 2 aromatic rings. The minimum Gasteiger partial charge on any atom is -0.491 e. The first-order valence-corrected chi connectivity index (χ1v) is 6.29. The largest absolute Gasteiger partial charge is 0.491 e. The molecule has 0 aliphatic carbocycles. The summed E-state index contributed by atoms with van der Waals surface area (Å²) in [5, 5.41) is 7.90. The molecule has 0 spiro atoms. The average molecular weight is 266 g/mol. The first kappa shape index (κ1) is 11.3. The van der Waals surface area contributed by atoms with Gasteiger partial charge in [-0.25, -0.2) is 0 Å². The van der Waals surface area contributed by atoms with Crippen molar-refractivity contribution in [3.05, 3.63) is 30.2 Å². The molecule has 0 atom stereocenters. The number of halogens is 1. The average Bonchev–Trinajstić information content (AvgIpc) is 2.78. The van der Waals surface area contributed by atoms with E-state index in [9.17, 15) is 0 Å². The van der Waals surface area contributed by atoms with Gasteiger partial charge in [-0.1, -0.05) is 17.2 Å².